The number of rotatable bonds is 6. The molecule has 0 fully saturated rings. The van der Waals surface area contributed by atoms with Gasteiger partial charge < -0.3 is 24.3 Å². The topological polar surface area (TPSA) is 68.2 Å². The third kappa shape index (κ3) is 4.53. The van der Waals surface area contributed by atoms with E-state index in [9.17, 15) is 0 Å². The fraction of sp³-hybridized carbons (Fsp3) is 0.0526. The monoisotopic (exact) mass is 340 g/mol. The van der Waals surface area contributed by atoms with Crippen LogP contribution in [0.3, 0.4) is 0 Å². The lowest BCUT2D eigenvalue weighted by Gasteiger charge is -2.10. The van der Waals surface area contributed by atoms with Gasteiger partial charge in [0.2, 0.25) is 0 Å². The standard InChI is InChI=1S/C19H17BO5.2H2/c1-23-15-9-11-17(12-10-15)25-19-4-2-3-18(13-19)24-16-7-5-14(6-8-16)20(21)22;;/h2-13,21-22H,1H3;2*1H. The number of benzene rings is 3. The number of hydrogen-bond acceptors (Lipinski definition) is 5. The molecule has 0 unspecified atom stereocenters. The van der Waals surface area contributed by atoms with E-state index in [1.807, 2.05) is 42.5 Å². The van der Waals surface area contributed by atoms with E-state index in [0.717, 1.165) is 5.75 Å². The van der Waals surface area contributed by atoms with E-state index in [0.29, 0.717) is 28.5 Å². The molecule has 25 heavy (non-hydrogen) atoms. The summed E-state index contributed by atoms with van der Waals surface area (Å²) in [7, 11) is 0.125. The maximum Gasteiger partial charge on any atom is 0.488 e. The summed E-state index contributed by atoms with van der Waals surface area (Å²) in [6.45, 7) is 0. The van der Waals surface area contributed by atoms with Gasteiger partial charge >= 0.3 is 7.12 Å². The maximum absolute atomic E-state index is 9.10. The number of ether oxygens (including phenoxy) is 3. The Morgan fingerprint density at radius 3 is 1.64 bits per heavy atom. The predicted octanol–water partition coefficient (Wildman–Crippen LogP) is 3.45. The Balaban J connectivity index is 0.00000182. The second-order valence-electron chi connectivity index (χ2n) is 5.30. The van der Waals surface area contributed by atoms with E-state index < -0.39 is 7.12 Å². The van der Waals surface area contributed by atoms with Gasteiger partial charge in [0.25, 0.3) is 0 Å². The van der Waals surface area contributed by atoms with Crippen molar-refractivity contribution in [2.24, 2.45) is 0 Å². The van der Waals surface area contributed by atoms with Crippen molar-refractivity contribution in [3.63, 3.8) is 0 Å². The average molecular weight is 340 g/mol. The Morgan fingerprint density at radius 2 is 1.16 bits per heavy atom. The molecule has 2 N–H and O–H groups in total. The molecule has 0 heterocycles. The molecule has 5 nitrogen and oxygen atoms in total. The van der Waals surface area contributed by atoms with E-state index in [2.05, 4.69) is 0 Å². The molecular formula is C19H21BO5. The van der Waals surface area contributed by atoms with Crippen molar-refractivity contribution in [3.05, 3.63) is 72.8 Å². The van der Waals surface area contributed by atoms with Crippen molar-refractivity contribution in [3.8, 4) is 28.7 Å². The Morgan fingerprint density at radius 1 is 0.680 bits per heavy atom. The van der Waals surface area contributed by atoms with Gasteiger partial charge in [-0.05, 0) is 54.0 Å². The van der Waals surface area contributed by atoms with Crippen molar-refractivity contribution in [1.82, 2.24) is 0 Å². The summed E-state index contributed by atoms with van der Waals surface area (Å²) < 4.78 is 16.7. The Hall–Kier alpha value is -2.96. The van der Waals surface area contributed by atoms with Gasteiger partial charge in [-0.3, -0.25) is 0 Å². The highest BCUT2D eigenvalue weighted by atomic mass is 16.5. The predicted molar refractivity (Wildman–Crippen MR) is 100 cm³/mol. The van der Waals surface area contributed by atoms with Crippen LogP contribution in [-0.4, -0.2) is 24.3 Å². The normalized spacial score (nSPS) is 10.2. The van der Waals surface area contributed by atoms with E-state index in [1.54, 1.807) is 37.4 Å². The van der Waals surface area contributed by atoms with Crippen molar-refractivity contribution in [1.29, 1.82) is 0 Å². The van der Waals surface area contributed by atoms with E-state index in [1.165, 1.54) is 0 Å². The molecule has 0 saturated heterocycles. The van der Waals surface area contributed by atoms with E-state index >= 15 is 0 Å². The van der Waals surface area contributed by atoms with Crippen LogP contribution >= 0.6 is 0 Å². The summed E-state index contributed by atoms with van der Waals surface area (Å²) in [4.78, 5) is 0. The van der Waals surface area contributed by atoms with Gasteiger partial charge in [0.1, 0.15) is 28.7 Å². The van der Waals surface area contributed by atoms with Gasteiger partial charge in [-0.25, -0.2) is 0 Å². The van der Waals surface area contributed by atoms with E-state index in [4.69, 9.17) is 24.3 Å². The molecule has 0 aliphatic heterocycles. The Bertz CT molecular complexity index is 826. The molecule has 0 aliphatic rings. The van der Waals surface area contributed by atoms with Crippen LogP contribution in [0.1, 0.15) is 2.85 Å². The average Bonchev–Trinajstić information content (AvgIpc) is 2.63. The van der Waals surface area contributed by atoms with Gasteiger partial charge in [-0.2, -0.15) is 0 Å². The van der Waals surface area contributed by atoms with Gasteiger partial charge in [0.15, 0.2) is 0 Å². The molecule has 0 saturated carbocycles. The molecule has 6 heteroatoms. The summed E-state index contributed by atoms with van der Waals surface area (Å²) >= 11 is 0. The molecular weight excluding hydrogens is 319 g/mol. The van der Waals surface area contributed by atoms with Gasteiger partial charge in [0, 0.05) is 8.92 Å². The maximum atomic E-state index is 9.10. The summed E-state index contributed by atoms with van der Waals surface area (Å²) in [6.07, 6.45) is 0. The largest absolute Gasteiger partial charge is 0.497 e. The third-order valence-corrected chi connectivity index (χ3v) is 3.51. The number of methoxy groups -OCH3 is 1. The van der Waals surface area contributed by atoms with Gasteiger partial charge in [-0.1, -0.05) is 18.2 Å². The SMILES string of the molecule is COc1ccc(Oc2cccc(Oc3ccc(B(O)O)cc3)c2)cc1.[HH].[HH]. The summed E-state index contributed by atoms with van der Waals surface area (Å²) in [5.41, 5.74) is 0.406. The minimum atomic E-state index is -1.49. The molecule has 0 bridgehead atoms. The quantitative estimate of drug-likeness (QED) is 0.673. The minimum Gasteiger partial charge on any atom is -0.497 e. The van der Waals surface area contributed by atoms with Crippen molar-refractivity contribution < 1.29 is 27.1 Å². The number of hydrogen-bond donors (Lipinski definition) is 2. The molecule has 0 amide bonds. The molecule has 130 valence electrons. The first-order chi connectivity index (χ1) is 12.1. The van der Waals surface area contributed by atoms with Crippen molar-refractivity contribution >= 4 is 12.6 Å². The molecule has 3 aromatic carbocycles. The first kappa shape index (κ1) is 16.9. The minimum absolute atomic E-state index is 0. The first-order valence-corrected chi connectivity index (χ1v) is 7.70. The highest BCUT2D eigenvalue weighted by Gasteiger charge is 2.10. The zero-order valence-electron chi connectivity index (χ0n) is 13.6. The summed E-state index contributed by atoms with van der Waals surface area (Å²) in [5.74, 6) is 3.31. The molecule has 0 aliphatic carbocycles. The van der Waals surface area contributed by atoms with Crippen LogP contribution in [0.2, 0.25) is 0 Å². The molecule has 3 rings (SSSR count). The third-order valence-electron chi connectivity index (χ3n) is 3.51. The van der Waals surface area contributed by atoms with Crippen LogP contribution in [0.15, 0.2) is 72.8 Å². The van der Waals surface area contributed by atoms with Crippen LogP contribution in [-0.2, 0) is 0 Å². The highest BCUT2D eigenvalue weighted by Crippen LogP contribution is 2.28. The fourth-order valence-electron chi connectivity index (χ4n) is 2.23. The van der Waals surface area contributed by atoms with E-state index in [-0.39, 0.29) is 2.85 Å². The van der Waals surface area contributed by atoms with Gasteiger partial charge in [-0.15, -0.1) is 0 Å². The highest BCUT2D eigenvalue weighted by molar-refractivity contribution is 6.58. The lowest BCUT2D eigenvalue weighted by molar-refractivity contribution is 0.412. The zero-order chi connectivity index (χ0) is 17.6. The molecule has 0 radical (unpaired) electrons. The van der Waals surface area contributed by atoms with Crippen LogP contribution in [0, 0.1) is 0 Å². The smallest absolute Gasteiger partial charge is 0.488 e. The second kappa shape index (κ2) is 7.74. The van der Waals surface area contributed by atoms with Crippen molar-refractivity contribution in [2.75, 3.05) is 7.11 Å². The fourth-order valence-corrected chi connectivity index (χ4v) is 2.23. The molecule has 0 atom stereocenters. The Labute approximate surface area is 149 Å². The first-order valence-electron chi connectivity index (χ1n) is 7.70. The summed E-state index contributed by atoms with van der Waals surface area (Å²) in [5, 5.41) is 18.2. The van der Waals surface area contributed by atoms with Crippen molar-refractivity contribution in [2.45, 2.75) is 0 Å². The van der Waals surface area contributed by atoms with Crippen LogP contribution < -0.4 is 19.7 Å². The van der Waals surface area contributed by atoms with Crippen LogP contribution in [0.5, 0.6) is 28.7 Å². The molecule has 0 spiro atoms. The Kier molecular flexibility index (Phi) is 5.23. The lowest BCUT2D eigenvalue weighted by Crippen LogP contribution is -2.29. The van der Waals surface area contributed by atoms with Crippen LogP contribution in [0.25, 0.3) is 0 Å². The lowest BCUT2D eigenvalue weighted by atomic mass is 9.80. The molecule has 0 aromatic heterocycles. The van der Waals surface area contributed by atoms with Gasteiger partial charge in [0.05, 0.1) is 7.11 Å². The van der Waals surface area contributed by atoms with Crippen LogP contribution in [0.4, 0.5) is 0 Å². The zero-order valence-corrected chi connectivity index (χ0v) is 13.6. The summed E-state index contributed by atoms with van der Waals surface area (Å²) in [6, 6.07) is 21.1. The second-order valence-corrected chi connectivity index (χ2v) is 5.30. The molecule has 3 aromatic rings.